The fraction of sp³-hybridized carbons (Fsp3) is 0.429. The Kier molecular flexibility index (Phi) is 5.49. The summed E-state index contributed by atoms with van der Waals surface area (Å²) in [4.78, 5) is 4.11. The number of anilines is 1. The number of hydrogen-bond acceptors (Lipinski definition) is 3. The lowest BCUT2D eigenvalue weighted by Crippen LogP contribution is -3.13. The molecule has 0 bridgehead atoms. The SMILES string of the molecule is COc1ccc(OC)c(C[NH+]2CCN(c3cccc(C)c3C)CC2)c1. The van der Waals surface area contributed by atoms with Crippen LogP contribution < -0.4 is 19.3 Å². The van der Waals surface area contributed by atoms with Crippen molar-refractivity contribution in [2.75, 3.05) is 45.3 Å². The first-order valence-corrected chi connectivity index (χ1v) is 8.98. The van der Waals surface area contributed by atoms with Gasteiger partial charge in [-0.05, 0) is 49.2 Å². The number of piperazine rings is 1. The quantitative estimate of drug-likeness (QED) is 0.903. The predicted molar refractivity (Wildman–Crippen MR) is 102 cm³/mol. The maximum atomic E-state index is 5.53. The molecule has 0 spiro atoms. The van der Waals surface area contributed by atoms with E-state index < -0.39 is 0 Å². The predicted octanol–water partition coefficient (Wildman–Crippen LogP) is 2.23. The first-order valence-electron chi connectivity index (χ1n) is 8.98. The van der Waals surface area contributed by atoms with E-state index in [9.17, 15) is 0 Å². The van der Waals surface area contributed by atoms with Crippen LogP contribution in [-0.4, -0.2) is 40.4 Å². The smallest absolute Gasteiger partial charge is 0.127 e. The number of ether oxygens (including phenoxy) is 2. The van der Waals surface area contributed by atoms with Crippen molar-refractivity contribution in [1.29, 1.82) is 0 Å². The highest BCUT2D eigenvalue weighted by Gasteiger charge is 2.22. The van der Waals surface area contributed by atoms with Crippen LogP contribution in [0.25, 0.3) is 0 Å². The van der Waals surface area contributed by atoms with Gasteiger partial charge < -0.3 is 19.3 Å². The number of benzene rings is 2. The average molecular weight is 341 g/mol. The zero-order valence-electron chi connectivity index (χ0n) is 15.8. The van der Waals surface area contributed by atoms with E-state index in [-0.39, 0.29) is 0 Å². The highest BCUT2D eigenvalue weighted by Crippen LogP contribution is 2.24. The Morgan fingerprint density at radius 2 is 1.76 bits per heavy atom. The Bertz CT molecular complexity index is 722. The molecule has 134 valence electrons. The summed E-state index contributed by atoms with van der Waals surface area (Å²) in [7, 11) is 3.44. The Morgan fingerprint density at radius 3 is 2.44 bits per heavy atom. The second-order valence-corrected chi connectivity index (χ2v) is 6.81. The van der Waals surface area contributed by atoms with Crippen LogP contribution in [-0.2, 0) is 6.54 Å². The molecule has 0 aliphatic carbocycles. The van der Waals surface area contributed by atoms with Gasteiger partial charge in [0.15, 0.2) is 0 Å². The molecule has 0 radical (unpaired) electrons. The molecule has 0 unspecified atom stereocenters. The maximum absolute atomic E-state index is 5.53. The van der Waals surface area contributed by atoms with Gasteiger partial charge in [0.2, 0.25) is 0 Å². The highest BCUT2D eigenvalue weighted by atomic mass is 16.5. The number of hydrogen-bond donors (Lipinski definition) is 1. The molecule has 0 atom stereocenters. The third kappa shape index (κ3) is 3.90. The van der Waals surface area contributed by atoms with E-state index in [0.717, 1.165) is 44.2 Å². The molecular weight excluding hydrogens is 312 g/mol. The van der Waals surface area contributed by atoms with Crippen LogP contribution in [0.5, 0.6) is 11.5 Å². The second kappa shape index (κ2) is 7.79. The fourth-order valence-corrected chi connectivity index (χ4v) is 3.61. The summed E-state index contributed by atoms with van der Waals surface area (Å²) in [5, 5.41) is 0. The van der Waals surface area contributed by atoms with E-state index in [1.807, 2.05) is 12.1 Å². The minimum atomic E-state index is 0.893. The van der Waals surface area contributed by atoms with E-state index in [0.29, 0.717) is 0 Å². The van der Waals surface area contributed by atoms with Gasteiger partial charge in [0, 0.05) is 5.69 Å². The normalized spacial score (nSPS) is 15.3. The molecule has 0 saturated carbocycles. The van der Waals surface area contributed by atoms with E-state index in [1.54, 1.807) is 19.1 Å². The van der Waals surface area contributed by atoms with E-state index in [2.05, 4.69) is 43.0 Å². The lowest BCUT2D eigenvalue weighted by atomic mass is 10.1. The molecule has 1 aliphatic rings. The largest absolute Gasteiger partial charge is 0.497 e. The molecule has 2 aromatic rings. The van der Waals surface area contributed by atoms with E-state index in [1.165, 1.54) is 22.4 Å². The van der Waals surface area contributed by atoms with Crippen molar-refractivity contribution in [3.8, 4) is 11.5 Å². The Labute approximate surface area is 151 Å². The number of aryl methyl sites for hydroxylation is 1. The Morgan fingerprint density at radius 1 is 1.00 bits per heavy atom. The lowest BCUT2D eigenvalue weighted by molar-refractivity contribution is -0.914. The van der Waals surface area contributed by atoms with Gasteiger partial charge in [-0.1, -0.05) is 12.1 Å². The Balaban J connectivity index is 1.66. The topological polar surface area (TPSA) is 26.1 Å². The van der Waals surface area contributed by atoms with Crippen molar-refractivity contribution in [1.82, 2.24) is 0 Å². The molecule has 1 N–H and O–H groups in total. The number of nitrogens with one attached hydrogen (secondary N) is 1. The molecular formula is C21H29N2O2+. The van der Waals surface area contributed by atoms with Crippen molar-refractivity contribution in [3.63, 3.8) is 0 Å². The van der Waals surface area contributed by atoms with Gasteiger partial charge in [0.1, 0.15) is 18.0 Å². The van der Waals surface area contributed by atoms with Crippen LogP contribution in [0.2, 0.25) is 0 Å². The van der Waals surface area contributed by atoms with Crippen LogP contribution in [0.4, 0.5) is 5.69 Å². The van der Waals surface area contributed by atoms with Crippen molar-refractivity contribution < 1.29 is 14.4 Å². The van der Waals surface area contributed by atoms with Gasteiger partial charge in [0.05, 0.1) is 46.0 Å². The van der Waals surface area contributed by atoms with Gasteiger partial charge in [-0.25, -0.2) is 0 Å². The minimum Gasteiger partial charge on any atom is -0.497 e. The van der Waals surface area contributed by atoms with Crippen LogP contribution in [0.15, 0.2) is 36.4 Å². The molecule has 4 heteroatoms. The summed E-state index contributed by atoms with van der Waals surface area (Å²) in [6.07, 6.45) is 0. The van der Waals surface area contributed by atoms with Gasteiger partial charge in [-0.15, -0.1) is 0 Å². The highest BCUT2D eigenvalue weighted by molar-refractivity contribution is 5.56. The summed E-state index contributed by atoms with van der Waals surface area (Å²) >= 11 is 0. The molecule has 1 fully saturated rings. The van der Waals surface area contributed by atoms with Crippen molar-refractivity contribution in [2.45, 2.75) is 20.4 Å². The molecule has 1 heterocycles. The number of nitrogens with zero attached hydrogens (tertiary/aromatic N) is 1. The maximum Gasteiger partial charge on any atom is 0.127 e. The third-order valence-corrected chi connectivity index (χ3v) is 5.32. The second-order valence-electron chi connectivity index (χ2n) is 6.81. The number of rotatable bonds is 5. The standard InChI is InChI=1S/C21H28N2O2/c1-16-6-5-7-20(17(16)2)23-12-10-22(11-13-23)15-18-14-19(24-3)8-9-21(18)25-4/h5-9,14H,10-13,15H2,1-4H3/p+1. The van der Waals surface area contributed by atoms with Crippen molar-refractivity contribution >= 4 is 5.69 Å². The minimum absolute atomic E-state index is 0.893. The monoisotopic (exact) mass is 341 g/mol. The molecule has 1 saturated heterocycles. The summed E-state index contributed by atoms with van der Waals surface area (Å²) in [5.74, 6) is 1.84. The summed E-state index contributed by atoms with van der Waals surface area (Å²) in [6, 6.07) is 12.7. The Hall–Kier alpha value is -2.20. The molecule has 2 aromatic carbocycles. The van der Waals surface area contributed by atoms with Crippen molar-refractivity contribution in [3.05, 3.63) is 53.1 Å². The van der Waals surface area contributed by atoms with Gasteiger partial charge in [0.25, 0.3) is 0 Å². The summed E-state index contributed by atoms with van der Waals surface area (Å²) in [5.41, 5.74) is 5.38. The molecule has 4 nitrogen and oxygen atoms in total. The molecule has 0 amide bonds. The zero-order valence-corrected chi connectivity index (χ0v) is 15.8. The molecule has 3 rings (SSSR count). The van der Waals surface area contributed by atoms with Gasteiger partial charge in [-0.3, -0.25) is 0 Å². The van der Waals surface area contributed by atoms with Crippen LogP contribution >= 0.6 is 0 Å². The van der Waals surface area contributed by atoms with Gasteiger partial charge >= 0.3 is 0 Å². The lowest BCUT2D eigenvalue weighted by Gasteiger charge is -2.35. The van der Waals surface area contributed by atoms with Crippen molar-refractivity contribution in [2.24, 2.45) is 0 Å². The van der Waals surface area contributed by atoms with E-state index >= 15 is 0 Å². The number of methoxy groups -OCH3 is 2. The first-order chi connectivity index (χ1) is 12.1. The van der Waals surface area contributed by atoms with E-state index in [4.69, 9.17) is 9.47 Å². The zero-order chi connectivity index (χ0) is 17.8. The summed E-state index contributed by atoms with van der Waals surface area (Å²) in [6.45, 7) is 9.83. The third-order valence-electron chi connectivity index (χ3n) is 5.32. The van der Waals surface area contributed by atoms with Gasteiger partial charge in [-0.2, -0.15) is 0 Å². The van der Waals surface area contributed by atoms with Crippen LogP contribution in [0.1, 0.15) is 16.7 Å². The average Bonchev–Trinajstić information content (AvgIpc) is 2.64. The first kappa shape index (κ1) is 17.6. The number of quaternary nitrogens is 1. The van der Waals surface area contributed by atoms with Crippen LogP contribution in [0, 0.1) is 13.8 Å². The molecule has 25 heavy (non-hydrogen) atoms. The summed E-state index contributed by atoms with van der Waals surface area (Å²) < 4.78 is 10.9. The van der Waals surface area contributed by atoms with Crippen LogP contribution in [0.3, 0.4) is 0 Å². The molecule has 1 aliphatic heterocycles. The molecule has 0 aromatic heterocycles. The fourth-order valence-electron chi connectivity index (χ4n) is 3.61.